The predicted octanol–water partition coefficient (Wildman–Crippen LogP) is 5.26. The fourth-order valence-corrected chi connectivity index (χ4v) is 1.39. The average Bonchev–Trinajstić information content (AvgIpc) is 2.51. The molecule has 1 aromatic rings. The molecular weight excluding hydrogens is 291 g/mol. The minimum Gasteiger partial charge on any atom is -0.392 e. The molecule has 0 spiro atoms. The van der Waals surface area contributed by atoms with Gasteiger partial charge in [-0.2, -0.15) is 13.2 Å². The van der Waals surface area contributed by atoms with E-state index in [9.17, 15) is 13.2 Å². The number of nitrogens with zero attached hydrogens (tertiary/aromatic N) is 1. The van der Waals surface area contributed by atoms with Gasteiger partial charge in [0.05, 0.1) is 6.61 Å². The lowest BCUT2D eigenvalue weighted by molar-refractivity contribution is -0.0924. The van der Waals surface area contributed by atoms with Crippen molar-refractivity contribution >= 4 is 5.71 Å². The highest BCUT2D eigenvalue weighted by atomic mass is 19.4. The van der Waals surface area contributed by atoms with Crippen LogP contribution in [0.4, 0.5) is 13.2 Å². The molecule has 0 amide bonds. The third-order valence-electron chi connectivity index (χ3n) is 2.91. The maximum Gasteiger partial charge on any atom is 0.433 e. The zero-order chi connectivity index (χ0) is 17.2. The summed E-state index contributed by atoms with van der Waals surface area (Å²) >= 11 is 0. The van der Waals surface area contributed by atoms with Gasteiger partial charge in [-0.25, -0.2) is 4.99 Å². The number of hydrogen-bond acceptors (Lipinski definition) is 2. The molecule has 0 aromatic heterocycles. The first-order valence-corrected chi connectivity index (χ1v) is 7.29. The van der Waals surface area contributed by atoms with Crippen LogP contribution in [0.25, 0.3) is 0 Å². The average molecular weight is 315 g/mol. The second kappa shape index (κ2) is 10.2. The maximum absolute atomic E-state index is 12.5. The Labute approximate surface area is 130 Å². The Hall–Kier alpha value is -1.62. The molecule has 1 N–H and O–H groups in total. The SMILES string of the molecule is C/C=C(\N=C(C)c1ccc(CO)cc1)C(F)(F)F.CCCC. The number of aliphatic hydroxyl groups is 1. The lowest BCUT2D eigenvalue weighted by Crippen LogP contribution is -2.11. The first kappa shape index (κ1) is 20.4. The van der Waals surface area contributed by atoms with Gasteiger partial charge in [-0.15, -0.1) is 0 Å². The highest BCUT2D eigenvalue weighted by Gasteiger charge is 2.33. The molecule has 0 aliphatic rings. The van der Waals surface area contributed by atoms with Crippen LogP contribution in [0.15, 0.2) is 41.0 Å². The van der Waals surface area contributed by atoms with Gasteiger partial charge < -0.3 is 5.11 Å². The van der Waals surface area contributed by atoms with Gasteiger partial charge in [-0.05, 0) is 25.0 Å². The van der Waals surface area contributed by atoms with E-state index < -0.39 is 11.9 Å². The Balaban J connectivity index is 0.000000980. The first-order chi connectivity index (χ1) is 10.3. The molecule has 22 heavy (non-hydrogen) atoms. The van der Waals surface area contributed by atoms with E-state index in [-0.39, 0.29) is 12.3 Å². The van der Waals surface area contributed by atoms with E-state index in [1.807, 2.05) is 0 Å². The number of hydrogen-bond donors (Lipinski definition) is 1. The molecule has 0 unspecified atom stereocenters. The van der Waals surface area contributed by atoms with Crippen molar-refractivity contribution in [3.8, 4) is 0 Å². The van der Waals surface area contributed by atoms with Crippen LogP contribution in [0.5, 0.6) is 0 Å². The standard InChI is InChI=1S/C13H14F3NO.C4H10/c1-3-12(13(14,15)16)17-9(2)11-6-4-10(8-18)5-7-11;1-3-4-2/h3-7,18H,8H2,1-2H3;3-4H2,1-2H3/b12-3-,17-9?;. The van der Waals surface area contributed by atoms with Crippen LogP contribution < -0.4 is 0 Å². The van der Waals surface area contributed by atoms with E-state index in [4.69, 9.17) is 5.11 Å². The van der Waals surface area contributed by atoms with Gasteiger partial charge >= 0.3 is 6.18 Å². The van der Waals surface area contributed by atoms with Crippen LogP contribution in [0, 0.1) is 0 Å². The van der Waals surface area contributed by atoms with Gasteiger partial charge in [-0.3, -0.25) is 0 Å². The summed E-state index contributed by atoms with van der Waals surface area (Å²) in [4.78, 5) is 3.58. The lowest BCUT2D eigenvalue weighted by Gasteiger charge is -2.08. The number of aliphatic hydroxyl groups excluding tert-OH is 1. The molecule has 0 radical (unpaired) electrons. The number of aliphatic imine (C=N–C) groups is 1. The molecule has 0 heterocycles. The van der Waals surface area contributed by atoms with Gasteiger partial charge in [0.1, 0.15) is 5.70 Å². The molecule has 124 valence electrons. The fraction of sp³-hybridized carbons (Fsp3) is 0.471. The van der Waals surface area contributed by atoms with Gasteiger partial charge in [-0.1, -0.05) is 57.0 Å². The highest BCUT2D eigenvalue weighted by Crippen LogP contribution is 2.27. The second-order valence-corrected chi connectivity index (χ2v) is 4.72. The van der Waals surface area contributed by atoms with E-state index in [1.165, 1.54) is 26.7 Å². The van der Waals surface area contributed by atoms with Crippen LogP contribution >= 0.6 is 0 Å². The van der Waals surface area contributed by atoms with E-state index in [1.54, 1.807) is 24.3 Å². The largest absolute Gasteiger partial charge is 0.433 e. The third-order valence-corrected chi connectivity index (χ3v) is 2.91. The Morgan fingerprint density at radius 1 is 1.14 bits per heavy atom. The molecule has 0 atom stereocenters. The minimum atomic E-state index is -4.44. The molecule has 1 aromatic carbocycles. The fourth-order valence-electron chi connectivity index (χ4n) is 1.39. The molecular formula is C17H24F3NO. The van der Waals surface area contributed by atoms with Gasteiger partial charge in [0.2, 0.25) is 0 Å². The van der Waals surface area contributed by atoms with E-state index in [0.717, 1.165) is 6.08 Å². The summed E-state index contributed by atoms with van der Waals surface area (Å²) in [6.07, 6.45) is -0.868. The van der Waals surface area contributed by atoms with Crippen molar-refractivity contribution in [2.24, 2.45) is 4.99 Å². The summed E-state index contributed by atoms with van der Waals surface area (Å²) in [5.74, 6) is 0. The quantitative estimate of drug-likeness (QED) is 0.755. The Morgan fingerprint density at radius 3 is 1.95 bits per heavy atom. The predicted molar refractivity (Wildman–Crippen MR) is 85.0 cm³/mol. The van der Waals surface area contributed by atoms with Crippen molar-refractivity contribution in [3.05, 3.63) is 47.2 Å². The number of halogens is 3. The van der Waals surface area contributed by atoms with Gasteiger partial charge in [0.15, 0.2) is 0 Å². The first-order valence-electron chi connectivity index (χ1n) is 7.29. The number of rotatable bonds is 4. The molecule has 0 fully saturated rings. The number of unbranched alkanes of at least 4 members (excludes halogenated alkanes) is 1. The Bertz CT molecular complexity index is 486. The van der Waals surface area contributed by atoms with Gasteiger partial charge in [0.25, 0.3) is 0 Å². The van der Waals surface area contributed by atoms with E-state index in [2.05, 4.69) is 18.8 Å². The number of alkyl halides is 3. The highest BCUT2D eigenvalue weighted by molar-refractivity contribution is 5.99. The second-order valence-electron chi connectivity index (χ2n) is 4.72. The number of benzene rings is 1. The van der Waals surface area contributed by atoms with Crippen molar-refractivity contribution in [2.75, 3.05) is 0 Å². The van der Waals surface area contributed by atoms with Crippen molar-refractivity contribution < 1.29 is 18.3 Å². The Kier molecular flexibility index (Phi) is 9.42. The molecule has 5 heteroatoms. The zero-order valence-electron chi connectivity index (χ0n) is 13.5. The van der Waals surface area contributed by atoms with Crippen molar-refractivity contribution in [1.29, 1.82) is 0 Å². The lowest BCUT2D eigenvalue weighted by atomic mass is 10.1. The molecule has 0 aliphatic heterocycles. The molecule has 0 saturated heterocycles. The molecule has 0 saturated carbocycles. The summed E-state index contributed by atoms with van der Waals surface area (Å²) in [6.45, 7) is 7.08. The normalized spacial score (nSPS) is 12.7. The van der Waals surface area contributed by atoms with Crippen LogP contribution in [0.3, 0.4) is 0 Å². The van der Waals surface area contributed by atoms with Crippen LogP contribution in [0.1, 0.15) is 51.7 Å². The summed E-state index contributed by atoms with van der Waals surface area (Å²) in [5.41, 5.74) is 0.667. The molecule has 0 bridgehead atoms. The van der Waals surface area contributed by atoms with E-state index >= 15 is 0 Å². The molecule has 0 aliphatic carbocycles. The Morgan fingerprint density at radius 2 is 1.64 bits per heavy atom. The summed E-state index contributed by atoms with van der Waals surface area (Å²) in [7, 11) is 0. The molecule has 1 rings (SSSR count). The van der Waals surface area contributed by atoms with Crippen LogP contribution in [-0.2, 0) is 6.61 Å². The number of allylic oxidation sites excluding steroid dienone is 2. The van der Waals surface area contributed by atoms with Crippen LogP contribution in [-0.4, -0.2) is 17.0 Å². The monoisotopic (exact) mass is 315 g/mol. The van der Waals surface area contributed by atoms with Crippen LogP contribution in [0.2, 0.25) is 0 Å². The molecule has 2 nitrogen and oxygen atoms in total. The van der Waals surface area contributed by atoms with Gasteiger partial charge in [0, 0.05) is 5.71 Å². The summed E-state index contributed by atoms with van der Waals surface area (Å²) in [5, 5.41) is 8.87. The topological polar surface area (TPSA) is 32.6 Å². The van der Waals surface area contributed by atoms with Crippen molar-refractivity contribution in [1.82, 2.24) is 0 Å². The zero-order valence-corrected chi connectivity index (χ0v) is 13.5. The van der Waals surface area contributed by atoms with Crippen molar-refractivity contribution in [2.45, 2.75) is 53.3 Å². The third kappa shape index (κ3) is 7.41. The van der Waals surface area contributed by atoms with Crippen molar-refractivity contribution in [3.63, 3.8) is 0 Å². The maximum atomic E-state index is 12.5. The summed E-state index contributed by atoms with van der Waals surface area (Å²) < 4.78 is 37.5. The van der Waals surface area contributed by atoms with E-state index in [0.29, 0.717) is 11.1 Å². The summed E-state index contributed by atoms with van der Waals surface area (Å²) in [6, 6.07) is 6.57. The minimum absolute atomic E-state index is 0.0981. The smallest absolute Gasteiger partial charge is 0.392 e.